The van der Waals surface area contributed by atoms with Gasteiger partial charge in [-0.2, -0.15) is 4.31 Å². The minimum Gasteiger partial charge on any atom is -0.486 e. The highest BCUT2D eigenvalue weighted by Crippen LogP contribution is 2.32. The highest BCUT2D eigenvalue weighted by Gasteiger charge is 2.23. The molecule has 1 amide bonds. The summed E-state index contributed by atoms with van der Waals surface area (Å²) in [5.41, 5.74) is 1.48. The highest BCUT2D eigenvalue weighted by molar-refractivity contribution is 7.89. The number of ether oxygens (including phenoxy) is 2. The van der Waals surface area contributed by atoms with Crippen molar-refractivity contribution in [3.05, 3.63) is 48.0 Å². The lowest BCUT2D eigenvalue weighted by Gasteiger charge is -2.20. The molecule has 0 bridgehead atoms. The standard InChI is InChI=1S/C18H20N2O5S/c1-13-3-6-15(7-4-13)26(22,23)20(2)12-18(21)19-14-5-8-16-17(11-14)25-10-9-24-16/h3-8,11H,9-10,12H2,1-2H3,(H,19,21). The lowest BCUT2D eigenvalue weighted by atomic mass is 10.2. The van der Waals surface area contributed by atoms with Crippen molar-refractivity contribution in [2.75, 3.05) is 32.1 Å². The molecule has 3 rings (SSSR count). The Morgan fingerprint density at radius 3 is 2.42 bits per heavy atom. The van der Waals surface area contributed by atoms with E-state index in [1.165, 1.54) is 19.2 Å². The molecule has 0 atom stereocenters. The lowest BCUT2D eigenvalue weighted by molar-refractivity contribution is -0.116. The molecule has 1 heterocycles. The van der Waals surface area contributed by atoms with E-state index in [0.29, 0.717) is 30.4 Å². The topological polar surface area (TPSA) is 84.9 Å². The first-order valence-corrected chi connectivity index (χ1v) is 9.53. The molecular weight excluding hydrogens is 356 g/mol. The maximum Gasteiger partial charge on any atom is 0.243 e. The smallest absolute Gasteiger partial charge is 0.243 e. The average Bonchev–Trinajstić information content (AvgIpc) is 2.61. The van der Waals surface area contributed by atoms with Crippen molar-refractivity contribution < 1.29 is 22.7 Å². The van der Waals surface area contributed by atoms with Crippen molar-refractivity contribution in [2.24, 2.45) is 0 Å². The normalized spacial score (nSPS) is 13.5. The van der Waals surface area contributed by atoms with E-state index in [0.717, 1.165) is 9.87 Å². The monoisotopic (exact) mass is 376 g/mol. The summed E-state index contributed by atoms with van der Waals surface area (Å²) in [4.78, 5) is 12.4. The second kappa shape index (κ2) is 7.35. The van der Waals surface area contributed by atoms with Gasteiger partial charge < -0.3 is 14.8 Å². The van der Waals surface area contributed by atoms with Crippen LogP contribution < -0.4 is 14.8 Å². The largest absolute Gasteiger partial charge is 0.486 e. The number of anilines is 1. The molecular formula is C18H20N2O5S. The van der Waals surface area contributed by atoms with Crippen molar-refractivity contribution in [1.29, 1.82) is 0 Å². The Morgan fingerprint density at radius 2 is 1.73 bits per heavy atom. The first-order valence-electron chi connectivity index (χ1n) is 8.09. The van der Waals surface area contributed by atoms with Gasteiger partial charge in [0, 0.05) is 18.8 Å². The van der Waals surface area contributed by atoms with Crippen LogP contribution in [0.2, 0.25) is 0 Å². The van der Waals surface area contributed by atoms with Gasteiger partial charge in [0.2, 0.25) is 15.9 Å². The molecule has 0 fully saturated rings. The molecule has 0 saturated carbocycles. The van der Waals surface area contributed by atoms with Crippen molar-refractivity contribution in [3.63, 3.8) is 0 Å². The summed E-state index contributed by atoms with van der Waals surface area (Å²) in [5, 5.41) is 2.68. The Hall–Kier alpha value is -2.58. The molecule has 1 aliphatic heterocycles. The van der Waals surface area contributed by atoms with E-state index in [4.69, 9.17) is 9.47 Å². The predicted octanol–water partition coefficient (Wildman–Crippen LogP) is 2.03. The van der Waals surface area contributed by atoms with Gasteiger partial charge in [0.1, 0.15) is 13.2 Å². The van der Waals surface area contributed by atoms with Gasteiger partial charge in [0.15, 0.2) is 11.5 Å². The fourth-order valence-corrected chi connectivity index (χ4v) is 3.63. The van der Waals surface area contributed by atoms with E-state index >= 15 is 0 Å². The van der Waals surface area contributed by atoms with Crippen LogP contribution in [0.15, 0.2) is 47.4 Å². The maximum absolute atomic E-state index is 12.5. The van der Waals surface area contributed by atoms with Gasteiger partial charge in [0.05, 0.1) is 11.4 Å². The fourth-order valence-electron chi connectivity index (χ4n) is 2.50. The van der Waals surface area contributed by atoms with E-state index < -0.39 is 15.9 Å². The highest BCUT2D eigenvalue weighted by atomic mass is 32.2. The molecule has 7 nitrogen and oxygen atoms in total. The number of sulfonamides is 1. The van der Waals surface area contributed by atoms with Crippen LogP contribution in [0.4, 0.5) is 5.69 Å². The summed E-state index contributed by atoms with van der Waals surface area (Å²) in [6.45, 7) is 2.51. The quantitative estimate of drug-likeness (QED) is 0.863. The molecule has 138 valence electrons. The van der Waals surface area contributed by atoms with Crippen LogP contribution in [0, 0.1) is 6.92 Å². The van der Waals surface area contributed by atoms with Crippen LogP contribution in [-0.4, -0.2) is 45.4 Å². The number of hydrogen-bond acceptors (Lipinski definition) is 5. The maximum atomic E-state index is 12.5. The summed E-state index contributed by atoms with van der Waals surface area (Å²) >= 11 is 0. The number of likely N-dealkylation sites (N-methyl/N-ethyl adjacent to an activating group) is 1. The molecule has 8 heteroatoms. The van der Waals surface area contributed by atoms with E-state index in [1.54, 1.807) is 30.3 Å². The number of aryl methyl sites for hydroxylation is 1. The molecule has 26 heavy (non-hydrogen) atoms. The molecule has 0 spiro atoms. The summed E-state index contributed by atoms with van der Waals surface area (Å²) in [7, 11) is -2.36. The number of fused-ring (bicyclic) bond motifs is 1. The summed E-state index contributed by atoms with van der Waals surface area (Å²) in [6.07, 6.45) is 0. The Bertz CT molecular complexity index is 910. The minimum atomic E-state index is -3.73. The number of carbonyl (C=O) groups is 1. The third kappa shape index (κ3) is 3.97. The second-order valence-corrected chi connectivity index (χ2v) is 8.03. The SMILES string of the molecule is Cc1ccc(S(=O)(=O)N(C)CC(=O)Nc2ccc3c(c2)OCCO3)cc1. The molecule has 1 aliphatic rings. The van der Waals surface area contributed by atoms with E-state index in [9.17, 15) is 13.2 Å². The van der Waals surface area contributed by atoms with Crippen molar-refractivity contribution >= 4 is 21.6 Å². The molecule has 2 aromatic rings. The molecule has 0 aliphatic carbocycles. The first kappa shape index (κ1) is 18.2. The number of carbonyl (C=O) groups excluding carboxylic acids is 1. The molecule has 0 saturated heterocycles. The second-order valence-electron chi connectivity index (χ2n) is 5.98. The van der Waals surface area contributed by atoms with Gasteiger partial charge in [-0.15, -0.1) is 0 Å². The van der Waals surface area contributed by atoms with Gasteiger partial charge in [-0.05, 0) is 31.2 Å². The third-order valence-electron chi connectivity index (χ3n) is 3.92. The van der Waals surface area contributed by atoms with Crippen LogP contribution in [0.25, 0.3) is 0 Å². The number of nitrogens with one attached hydrogen (secondary N) is 1. The van der Waals surface area contributed by atoms with Crippen molar-refractivity contribution in [1.82, 2.24) is 4.31 Å². The first-order chi connectivity index (χ1) is 12.4. The van der Waals surface area contributed by atoms with Crippen LogP contribution >= 0.6 is 0 Å². The van der Waals surface area contributed by atoms with Gasteiger partial charge in [0.25, 0.3) is 0 Å². The number of benzene rings is 2. The fraction of sp³-hybridized carbons (Fsp3) is 0.278. The Morgan fingerprint density at radius 1 is 1.08 bits per heavy atom. The zero-order chi connectivity index (χ0) is 18.7. The molecule has 0 aromatic heterocycles. The van der Waals surface area contributed by atoms with Gasteiger partial charge >= 0.3 is 0 Å². The Balaban J connectivity index is 1.66. The summed E-state index contributed by atoms with van der Waals surface area (Å²) in [5.74, 6) is 0.725. The van der Waals surface area contributed by atoms with Crippen LogP contribution in [0.5, 0.6) is 11.5 Å². The number of hydrogen-bond donors (Lipinski definition) is 1. The van der Waals surface area contributed by atoms with Gasteiger partial charge in [-0.3, -0.25) is 4.79 Å². The van der Waals surface area contributed by atoms with Crippen LogP contribution in [-0.2, 0) is 14.8 Å². The van der Waals surface area contributed by atoms with Gasteiger partial charge in [-0.1, -0.05) is 17.7 Å². The number of amides is 1. The Kier molecular flexibility index (Phi) is 5.15. The minimum absolute atomic E-state index is 0.151. The van der Waals surface area contributed by atoms with Crippen LogP contribution in [0.3, 0.4) is 0 Å². The van der Waals surface area contributed by atoms with E-state index in [-0.39, 0.29) is 11.4 Å². The zero-order valence-corrected chi connectivity index (χ0v) is 15.4. The van der Waals surface area contributed by atoms with Crippen molar-refractivity contribution in [2.45, 2.75) is 11.8 Å². The van der Waals surface area contributed by atoms with Crippen LogP contribution in [0.1, 0.15) is 5.56 Å². The third-order valence-corrected chi connectivity index (χ3v) is 5.74. The Labute approximate surface area is 152 Å². The average molecular weight is 376 g/mol. The van der Waals surface area contributed by atoms with E-state index in [2.05, 4.69) is 5.32 Å². The van der Waals surface area contributed by atoms with Crippen molar-refractivity contribution in [3.8, 4) is 11.5 Å². The number of rotatable bonds is 5. The van der Waals surface area contributed by atoms with E-state index in [1.807, 2.05) is 6.92 Å². The lowest BCUT2D eigenvalue weighted by Crippen LogP contribution is -2.35. The zero-order valence-electron chi connectivity index (χ0n) is 14.6. The number of nitrogens with zero attached hydrogens (tertiary/aromatic N) is 1. The summed E-state index contributed by atoms with van der Waals surface area (Å²) in [6, 6.07) is 11.5. The molecule has 0 radical (unpaired) electrons. The molecule has 1 N–H and O–H groups in total. The van der Waals surface area contributed by atoms with Gasteiger partial charge in [-0.25, -0.2) is 8.42 Å². The molecule has 2 aromatic carbocycles. The molecule has 0 unspecified atom stereocenters. The predicted molar refractivity (Wildman–Crippen MR) is 97.1 cm³/mol. The summed E-state index contributed by atoms with van der Waals surface area (Å²) < 4.78 is 37.0.